The minimum atomic E-state index is -1.03. The first-order chi connectivity index (χ1) is 10.0. The lowest BCUT2D eigenvalue weighted by atomic mass is 10.1. The number of aromatic nitrogens is 2. The minimum absolute atomic E-state index is 0.104. The third-order valence-corrected chi connectivity index (χ3v) is 3.34. The largest absolute Gasteiger partial charge is 0.477 e. The minimum Gasteiger partial charge on any atom is -0.477 e. The van der Waals surface area contributed by atoms with Crippen LogP contribution in [-0.2, 0) is 13.5 Å². The van der Waals surface area contributed by atoms with Crippen LogP contribution >= 0.6 is 0 Å². The maximum atomic E-state index is 11.3. The van der Waals surface area contributed by atoms with Crippen LogP contribution in [0, 0.1) is 6.92 Å². The Kier molecular flexibility index (Phi) is 4.62. The Hall–Kier alpha value is -2.30. The molecule has 0 unspecified atom stereocenters. The molecule has 0 radical (unpaired) electrons. The summed E-state index contributed by atoms with van der Waals surface area (Å²) in [4.78, 5) is 11.3. The van der Waals surface area contributed by atoms with Crippen LogP contribution in [-0.4, -0.2) is 20.9 Å². The van der Waals surface area contributed by atoms with Gasteiger partial charge in [0.25, 0.3) is 0 Å². The lowest BCUT2D eigenvalue weighted by Crippen LogP contribution is -2.02. The summed E-state index contributed by atoms with van der Waals surface area (Å²) < 4.78 is 7.15. The number of ether oxygens (including phenoxy) is 1. The van der Waals surface area contributed by atoms with Crippen LogP contribution in [0.15, 0.2) is 24.3 Å². The second kappa shape index (κ2) is 6.43. The zero-order chi connectivity index (χ0) is 15.4. The molecule has 0 amide bonds. The zero-order valence-corrected chi connectivity index (χ0v) is 12.6. The van der Waals surface area contributed by atoms with Gasteiger partial charge in [0, 0.05) is 7.05 Å². The maximum absolute atomic E-state index is 11.3. The fraction of sp³-hybridized carbons (Fsp3) is 0.375. The van der Waals surface area contributed by atoms with Crippen LogP contribution in [0.5, 0.6) is 11.6 Å². The van der Waals surface area contributed by atoms with Crippen molar-refractivity contribution < 1.29 is 14.6 Å². The topological polar surface area (TPSA) is 64.3 Å². The van der Waals surface area contributed by atoms with Crippen LogP contribution in [0.1, 0.15) is 41.4 Å². The number of hydrogen-bond donors (Lipinski definition) is 1. The number of rotatable bonds is 6. The Bertz CT molecular complexity index is 630. The molecule has 0 fully saturated rings. The molecule has 21 heavy (non-hydrogen) atoms. The summed E-state index contributed by atoms with van der Waals surface area (Å²) in [6, 6.07) is 7.74. The van der Waals surface area contributed by atoms with E-state index in [1.165, 1.54) is 10.2 Å². The van der Waals surface area contributed by atoms with Crippen molar-refractivity contribution in [1.29, 1.82) is 0 Å². The predicted octanol–water partition coefficient (Wildman–Crippen LogP) is 3.56. The highest BCUT2D eigenvalue weighted by Crippen LogP contribution is 2.27. The molecule has 1 aromatic carbocycles. The van der Waals surface area contributed by atoms with E-state index < -0.39 is 5.97 Å². The van der Waals surface area contributed by atoms with Crippen molar-refractivity contribution in [2.75, 3.05) is 0 Å². The molecule has 2 aromatic rings. The van der Waals surface area contributed by atoms with Crippen LogP contribution in [0.3, 0.4) is 0 Å². The molecule has 1 heterocycles. The van der Waals surface area contributed by atoms with Gasteiger partial charge in [0.15, 0.2) is 0 Å². The Morgan fingerprint density at radius 1 is 1.33 bits per heavy atom. The number of benzene rings is 1. The summed E-state index contributed by atoms with van der Waals surface area (Å²) in [5, 5.41) is 13.3. The van der Waals surface area contributed by atoms with E-state index in [2.05, 4.69) is 12.0 Å². The van der Waals surface area contributed by atoms with Gasteiger partial charge in [-0.05, 0) is 37.5 Å². The van der Waals surface area contributed by atoms with Gasteiger partial charge in [-0.2, -0.15) is 5.10 Å². The summed E-state index contributed by atoms with van der Waals surface area (Å²) >= 11 is 0. The number of nitrogens with zero attached hydrogens (tertiary/aromatic N) is 2. The number of hydrogen-bond acceptors (Lipinski definition) is 3. The van der Waals surface area contributed by atoms with Gasteiger partial charge in [0.1, 0.15) is 11.3 Å². The van der Waals surface area contributed by atoms with Gasteiger partial charge in [-0.25, -0.2) is 9.48 Å². The SMILES string of the molecule is CCCCc1ccc(Oc2c(C(=O)O)c(C)nn2C)cc1. The molecule has 0 bridgehead atoms. The van der Waals surface area contributed by atoms with E-state index in [1.54, 1.807) is 14.0 Å². The van der Waals surface area contributed by atoms with Crippen LogP contribution < -0.4 is 4.74 Å². The molecule has 0 saturated heterocycles. The van der Waals surface area contributed by atoms with E-state index in [-0.39, 0.29) is 11.4 Å². The molecule has 2 rings (SSSR count). The quantitative estimate of drug-likeness (QED) is 0.882. The molecule has 1 aromatic heterocycles. The van der Waals surface area contributed by atoms with Gasteiger partial charge >= 0.3 is 5.97 Å². The Morgan fingerprint density at radius 3 is 2.57 bits per heavy atom. The second-order valence-electron chi connectivity index (χ2n) is 5.04. The fourth-order valence-corrected chi connectivity index (χ4v) is 2.22. The molecule has 0 atom stereocenters. The van der Waals surface area contributed by atoms with E-state index in [4.69, 9.17) is 4.74 Å². The van der Waals surface area contributed by atoms with Gasteiger partial charge in [0.2, 0.25) is 5.88 Å². The lowest BCUT2D eigenvalue weighted by molar-refractivity contribution is 0.0693. The van der Waals surface area contributed by atoms with Crippen molar-refractivity contribution in [3.8, 4) is 11.6 Å². The standard InChI is InChI=1S/C16H20N2O3/c1-4-5-6-12-7-9-13(10-8-12)21-15-14(16(19)20)11(2)17-18(15)3/h7-10H,4-6H2,1-3H3,(H,19,20). The van der Waals surface area contributed by atoms with Gasteiger partial charge in [-0.1, -0.05) is 25.5 Å². The van der Waals surface area contributed by atoms with Gasteiger partial charge < -0.3 is 9.84 Å². The van der Waals surface area contributed by atoms with E-state index in [1.807, 2.05) is 24.3 Å². The number of carboxylic acids is 1. The van der Waals surface area contributed by atoms with Gasteiger partial charge in [-0.15, -0.1) is 0 Å². The van der Waals surface area contributed by atoms with Gasteiger partial charge in [-0.3, -0.25) is 0 Å². The number of carbonyl (C=O) groups is 1. The number of carboxylic acid groups (broad SMARTS) is 1. The second-order valence-corrected chi connectivity index (χ2v) is 5.04. The van der Waals surface area contributed by atoms with Crippen molar-refractivity contribution in [3.63, 3.8) is 0 Å². The molecular weight excluding hydrogens is 268 g/mol. The average Bonchev–Trinajstić information content (AvgIpc) is 2.72. The highest BCUT2D eigenvalue weighted by atomic mass is 16.5. The molecular formula is C16H20N2O3. The monoisotopic (exact) mass is 288 g/mol. The third kappa shape index (κ3) is 3.42. The molecule has 0 aliphatic carbocycles. The van der Waals surface area contributed by atoms with Crippen molar-refractivity contribution in [3.05, 3.63) is 41.1 Å². The molecule has 112 valence electrons. The fourth-order valence-electron chi connectivity index (χ4n) is 2.22. The molecule has 5 nitrogen and oxygen atoms in total. The van der Waals surface area contributed by atoms with E-state index in [0.29, 0.717) is 11.4 Å². The number of aryl methyl sites for hydroxylation is 3. The van der Waals surface area contributed by atoms with Crippen molar-refractivity contribution in [2.45, 2.75) is 33.1 Å². The first-order valence-corrected chi connectivity index (χ1v) is 7.06. The van der Waals surface area contributed by atoms with Gasteiger partial charge in [0.05, 0.1) is 5.69 Å². The number of unbranched alkanes of at least 4 members (excludes halogenated alkanes) is 1. The smallest absolute Gasteiger partial charge is 0.343 e. The zero-order valence-electron chi connectivity index (χ0n) is 12.6. The Balaban J connectivity index is 2.20. The van der Waals surface area contributed by atoms with E-state index in [9.17, 15) is 9.90 Å². The molecule has 1 N–H and O–H groups in total. The Morgan fingerprint density at radius 2 is 2.00 bits per heavy atom. The highest BCUT2D eigenvalue weighted by Gasteiger charge is 2.21. The predicted molar refractivity (Wildman–Crippen MR) is 80.0 cm³/mol. The van der Waals surface area contributed by atoms with Crippen molar-refractivity contribution in [2.24, 2.45) is 7.05 Å². The number of aromatic carboxylic acids is 1. The first kappa shape index (κ1) is 15.1. The summed E-state index contributed by atoms with van der Waals surface area (Å²) in [5.74, 6) is -0.169. The summed E-state index contributed by atoms with van der Waals surface area (Å²) in [7, 11) is 1.67. The molecule has 0 spiro atoms. The molecule has 0 saturated carbocycles. The van der Waals surface area contributed by atoms with Crippen molar-refractivity contribution in [1.82, 2.24) is 9.78 Å². The maximum Gasteiger partial charge on any atom is 0.343 e. The third-order valence-electron chi connectivity index (χ3n) is 3.34. The average molecular weight is 288 g/mol. The Labute approximate surface area is 124 Å². The molecule has 5 heteroatoms. The summed E-state index contributed by atoms with van der Waals surface area (Å²) in [6.07, 6.45) is 3.36. The summed E-state index contributed by atoms with van der Waals surface area (Å²) in [6.45, 7) is 3.82. The first-order valence-electron chi connectivity index (χ1n) is 7.06. The van der Waals surface area contributed by atoms with Crippen LogP contribution in [0.25, 0.3) is 0 Å². The highest BCUT2D eigenvalue weighted by molar-refractivity contribution is 5.91. The normalized spacial score (nSPS) is 10.6. The summed E-state index contributed by atoms with van der Waals surface area (Å²) in [5.41, 5.74) is 1.80. The van der Waals surface area contributed by atoms with Crippen LogP contribution in [0.4, 0.5) is 0 Å². The van der Waals surface area contributed by atoms with E-state index in [0.717, 1.165) is 19.3 Å². The van der Waals surface area contributed by atoms with E-state index >= 15 is 0 Å². The molecule has 0 aliphatic heterocycles. The molecule has 0 aliphatic rings. The van der Waals surface area contributed by atoms with Crippen LogP contribution in [0.2, 0.25) is 0 Å². The lowest BCUT2D eigenvalue weighted by Gasteiger charge is -2.08. The van der Waals surface area contributed by atoms with Crippen molar-refractivity contribution >= 4 is 5.97 Å².